The predicted molar refractivity (Wildman–Crippen MR) is 39.4 cm³/mol. The zero-order chi connectivity index (χ0) is 7.40. The van der Waals surface area contributed by atoms with Crippen molar-refractivity contribution < 1.29 is 4.79 Å². The van der Waals surface area contributed by atoms with E-state index in [2.05, 4.69) is 5.32 Å². The predicted octanol–water partition coefficient (Wildman–Crippen LogP) is -0.140. The monoisotopic (exact) mass is 142 g/mol. The Balaban J connectivity index is 2.12. The van der Waals surface area contributed by atoms with Crippen LogP contribution in [0.4, 0.5) is 0 Å². The van der Waals surface area contributed by atoms with Crippen LogP contribution in [0, 0.1) is 5.92 Å². The van der Waals surface area contributed by atoms with Crippen molar-refractivity contribution in [1.29, 1.82) is 0 Å². The molecule has 2 unspecified atom stereocenters. The van der Waals surface area contributed by atoms with Gasteiger partial charge in [-0.15, -0.1) is 0 Å². The molecular formula is C7H14N2O. The second kappa shape index (κ2) is 3.56. The van der Waals surface area contributed by atoms with Crippen molar-refractivity contribution in [3.63, 3.8) is 0 Å². The summed E-state index contributed by atoms with van der Waals surface area (Å²) in [4.78, 5) is 9.90. The van der Waals surface area contributed by atoms with Gasteiger partial charge in [-0.3, -0.25) is 4.79 Å². The molecule has 1 saturated carbocycles. The van der Waals surface area contributed by atoms with Crippen LogP contribution in [-0.4, -0.2) is 19.0 Å². The molecule has 1 aliphatic rings. The van der Waals surface area contributed by atoms with Crippen molar-refractivity contribution in [1.82, 2.24) is 5.32 Å². The summed E-state index contributed by atoms with van der Waals surface area (Å²) in [7, 11) is 0. The molecule has 0 aromatic rings. The van der Waals surface area contributed by atoms with Gasteiger partial charge in [0.2, 0.25) is 6.41 Å². The maximum atomic E-state index is 9.90. The van der Waals surface area contributed by atoms with Crippen molar-refractivity contribution in [3.05, 3.63) is 0 Å². The molecule has 0 saturated heterocycles. The fraction of sp³-hybridized carbons (Fsp3) is 0.857. The first-order valence-corrected chi connectivity index (χ1v) is 3.75. The summed E-state index contributed by atoms with van der Waals surface area (Å²) in [6, 6.07) is 0.374. The zero-order valence-corrected chi connectivity index (χ0v) is 6.05. The summed E-state index contributed by atoms with van der Waals surface area (Å²) in [5.74, 6) is 0.625. The lowest BCUT2D eigenvalue weighted by atomic mass is 10.1. The molecule has 0 aliphatic heterocycles. The fourth-order valence-corrected chi connectivity index (χ4v) is 1.51. The second-order valence-corrected chi connectivity index (χ2v) is 2.97. The van der Waals surface area contributed by atoms with E-state index in [1.807, 2.05) is 0 Å². The molecule has 0 bridgehead atoms. The average molecular weight is 142 g/mol. The summed E-state index contributed by atoms with van der Waals surface area (Å²) < 4.78 is 0. The SMILES string of the molecule is NC1CCC(CNC=O)C1. The van der Waals surface area contributed by atoms with E-state index in [1.165, 1.54) is 6.42 Å². The van der Waals surface area contributed by atoms with Gasteiger partial charge in [0.15, 0.2) is 0 Å². The number of hydrogen-bond acceptors (Lipinski definition) is 2. The summed E-state index contributed by atoms with van der Waals surface area (Å²) in [6.07, 6.45) is 4.11. The first kappa shape index (κ1) is 7.54. The normalized spacial score (nSPS) is 32.1. The van der Waals surface area contributed by atoms with Gasteiger partial charge in [0, 0.05) is 12.6 Å². The Morgan fingerprint density at radius 1 is 1.60 bits per heavy atom. The molecular weight excluding hydrogens is 128 g/mol. The molecule has 3 N–H and O–H groups in total. The Morgan fingerprint density at radius 2 is 2.40 bits per heavy atom. The maximum absolute atomic E-state index is 9.90. The summed E-state index contributed by atoms with van der Waals surface area (Å²) in [6.45, 7) is 0.803. The highest BCUT2D eigenvalue weighted by Gasteiger charge is 2.20. The first-order valence-electron chi connectivity index (χ1n) is 3.75. The number of rotatable bonds is 3. The van der Waals surface area contributed by atoms with Gasteiger partial charge in [-0.2, -0.15) is 0 Å². The number of nitrogens with one attached hydrogen (secondary N) is 1. The van der Waals surface area contributed by atoms with E-state index in [0.717, 1.165) is 25.8 Å². The highest BCUT2D eigenvalue weighted by Crippen LogP contribution is 2.22. The summed E-state index contributed by atoms with van der Waals surface area (Å²) in [5.41, 5.74) is 5.68. The van der Waals surface area contributed by atoms with E-state index in [0.29, 0.717) is 12.0 Å². The Hall–Kier alpha value is -0.570. The highest BCUT2D eigenvalue weighted by atomic mass is 16.1. The zero-order valence-electron chi connectivity index (χ0n) is 6.05. The Morgan fingerprint density at radius 3 is 2.90 bits per heavy atom. The van der Waals surface area contributed by atoms with Crippen molar-refractivity contribution >= 4 is 6.41 Å². The van der Waals surface area contributed by atoms with Crippen LogP contribution in [0.5, 0.6) is 0 Å². The second-order valence-electron chi connectivity index (χ2n) is 2.97. The number of carbonyl (C=O) groups is 1. The van der Waals surface area contributed by atoms with Gasteiger partial charge in [-0.25, -0.2) is 0 Å². The minimum atomic E-state index is 0.374. The van der Waals surface area contributed by atoms with Crippen molar-refractivity contribution in [2.75, 3.05) is 6.54 Å². The van der Waals surface area contributed by atoms with E-state index >= 15 is 0 Å². The minimum Gasteiger partial charge on any atom is -0.358 e. The van der Waals surface area contributed by atoms with Gasteiger partial charge in [0.05, 0.1) is 0 Å². The van der Waals surface area contributed by atoms with Crippen LogP contribution < -0.4 is 11.1 Å². The van der Waals surface area contributed by atoms with Crippen LogP contribution in [0.1, 0.15) is 19.3 Å². The quantitative estimate of drug-likeness (QED) is 0.539. The topological polar surface area (TPSA) is 55.1 Å². The van der Waals surface area contributed by atoms with Gasteiger partial charge in [0.25, 0.3) is 0 Å². The van der Waals surface area contributed by atoms with Crippen molar-refractivity contribution in [2.45, 2.75) is 25.3 Å². The van der Waals surface area contributed by atoms with Crippen LogP contribution in [0.2, 0.25) is 0 Å². The summed E-state index contributed by atoms with van der Waals surface area (Å²) in [5, 5.41) is 2.67. The molecule has 58 valence electrons. The number of carbonyl (C=O) groups excluding carboxylic acids is 1. The smallest absolute Gasteiger partial charge is 0.207 e. The molecule has 1 aliphatic carbocycles. The highest BCUT2D eigenvalue weighted by molar-refractivity contribution is 5.45. The van der Waals surface area contributed by atoms with E-state index in [9.17, 15) is 4.79 Å². The lowest BCUT2D eigenvalue weighted by Gasteiger charge is -2.06. The van der Waals surface area contributed by atoms with Crippen molar-refractivity contribution in [3.8, 4) is 0 Å². The van der Waals surface area contributed by atoms with E-state index in [1.54, 1.807) is 0 Å². The minimum absolute atomic E-state index is 0.374. The van der Waals surface area contributed by atoms with E-state index in [-0.39, 0.29) is 0 Å². The molecule has 0 spiro atoms. The molecule has 1 fully saturated rings. The molecule has 1 rings (SSSR count). The van der Waals surface area contributed by atoms with Crippen molar-refractivity contribution in [2.24, 2.45) is 11.7 Å². The number of hydrogen-bond donors (Lipinski definition) is 2. The molecule has 2 atom stereocenters. The largest absolute Gasteiger partial charge is 0.358 e. The third-order valence-electron chi connectivity index (χ3n) is 2.07. The maximum Gasteiger partial charge on any atom is 0.207 e. The Labute approximate surface area is 61.0 Å². The van der Waals surface area contributed by atoms with Gasteiger partial charge in [0.1, 0.15) is 0 Å². The van der Waals surface area contributed by atoms with Crippen LogP contribution in [-0.2, 0) is 4.79 Å². The first-order chi connectivity index (χ1) is 4.83. The van der Waals surface area contributed by atoms with Crippen LogP contribution in [0.15, 0.2) is 0 Å². The fourth-order valence-electron chi connectivity index (χ4n) is 1.51. The van der Waals surface area contributed by atoms with Crippen LogP contribution in [0.3, 0.4) is 0 Å². The Bertz CT molecular complexity index is 116. The molecule has 0 aromatic carbocycles. The van der Waals surface area contributed by atoms with Gasteiger partial charge >= 0.3 is 0 Å². The molecule has 0 aromatic heterocycles. The molecule has 10 heavy (non-hydrogen) atoms. The molecule has 0 heterocycles. The molecule has 0 radical (unpaired) electrons. The molecule has 3 heteroatoms. The average Bonchev–Trinajstić information content (AvgIpc) is 2.31. The lowest BCUT2D eigenvalue weighted by Crippen LogP contribution is -2.21. The van der Waals surface area contributed by atoms with Crippen LogP contribution >= 0.6 is 0 Å². The standard InChI is InChI=1S/C7H14N2O/c8-7-2-1-6(3-7)4-9-5-10/h5-7H,1-4,8H2,(H,9,10). The third-order valence-corrected chi connectivity index (χ3v) is 2.07. The lowest BCUT2D eigenvalue weighted by molar-refractivity contribution is -0.109. The van der Waals surface area contributed by atoms with Gasteiger partial charge in [-0.1, -0.05) is 0 Å². The van der Waals surface area contributed by atoms with Gasteiger partial charge in [-0.05, 0) is 25.2 Å². The van der Waals surface area contributed by atoms with E-state index < -0.39 is 0 Å². The van der Waals surface area contributed by atoms with Crippen LogP contribution in [0.25, 0.3) is 0 Å². The van der Waals surface area contributed by atoms with E-state index in [4.69, 9.17) is 5.73 Å². The van der Waals surface area contributed by atoms with Gasteiger partial charge < -0.3 is 11.1 Å². The number of nitrogens with two attached hydrogens (primary N) is 1. The summed E-state index contributed by atoms with van der Waals surface area (Å²) >= 11 is 0. The number of amides is 1. The molecule has 3 nitrogen and oxygen atoms in total. The molecule has 1 amide bonds. The third kappa shape index (κ3) is 1.99. The Kier molecular flexibility index (Phi) is 2.68.